The Morgan fingerprint density at radius 3 is 2.20 bits per heavy atom. The van der Waals surface area contributed by atoms with Crippen LogP contribution < -0.4 is 14.9 Å². The Labute approximate surface area is 178 Å². The molecule has 0 spiro atoms. The van der Waals surface area contributed by atoms with Crippen molar-refractivity contribution in [1.29, 1.82) is 0 Å². The number of anilines is 2. The van der Waals surface area contributed by atoms with Gasteiger partial charge in [-0.3, -0.25) is 4.79 Å². The van der Waals surface area contributed by atoms with E-state index in [0.29, 0.717) is 11.4 Å². The number of hydrogen-bond acceptors (Lipinski definition) is 3. The number of amides is 3. The van der Waals surface area contributed by atoms with Crippen molar-refractivity contribution in [3.05, 3.63) is 95.6 Å². The summed E-state index contributed by atoms with van der Waals surface area (Å²) in [6, 6.07) is 17.0. The van der Waals surface area contributed by atoms with Gasteiger partial charge in [0.25, 0.3) is 5.91 Å². The number of carbonyl (C=O) groups excluding carboxylic acids is 2. The van der Waals surface area contributed by atoms with E-state index in [9.17, 15) is 18.4 Å². The maximum absolute atomic E-state index is 13.7. The molecule has 0 aromatic heterocycles. The zero-order chi connectivity index (χ0) is 21.7. The zero-order valence-corrected chi connectivity index (χ0v) is 16.9. The van der Waals surface area contributed by atoms with Crippen LogP contribution in [0.4, 0.5) is 25.0 Å². The summed E-state index contributed by atoms with van der Waals surface area (Å²) in [6.07, 6.45) is 0. The highest BCUT2D eigenvalue weighted by molar-refractivity contribution is 7.82. The van der Waals surface area contributed by atoms with Gasteiger partial charge in [0.15, 0.2) is 0 Å². The van der Waals surface area contributed by atoms with Gasteiger partial charge in [0.2, 0.25) is 0 Å². The normalized spacial score (nSPS) is 11.5. The van der Waals surface area contributed by atoms with E-state index in [4.69, 9.17) is 0 Å². The van der Waals surface area contributed by atoms with Crippen LogP contribution in [0.3, 0.4) is 0 Å². The minimum absolute atomic E-state index is 0.0634. The summed E-state index contributed by atoms with van der Waals surface area (Å²) < 4.78 is 27.9. The van der Waals surface area contributed by atoms with Crippen molar-refractivity contribution in [2.45, 2.75) is 13.0 Å². The lowest BCUT2D eigenvalue weighted by molar-refractivity contribution is 0.102. The Balaban J connectivity index is 1.62. The predicted octanol–water partition coefficient (Wildman–Crippen LogP) is 5.34. The third-order valence-electron chi connectivity index (χ3n) is 4.39. The Morgan fingerprint density at radius 1 is 0.933 bits per heavy atom. The maximum Gasteiger partial charge on any atom is 0.332 e. The molecule has 154 valence electrons. The van der Waals surface area contributed by atoms with Crippen LogP contribution in [0.5, 0.6) is 0 Å². The Hall–Kier alpha value is -3.39. The Morgan fingerprint density at radius 2 is 1.57 bits per heavy atom. The third kappa shape index (κ3) is 5.15. The fourth-order valence-electron chi connectivity index (χ4n) is 2.73. The van der Waals surface area contributed by atoms with E-state index in [-0.39, 0.29) is 17.4 Å². The Kier molecular flexibility index (Phi) is 6.68. The number of nitrogens with one attached hydrogen (secondary N) is 2. The molecule has 3 aromatic rings. The van der Waals surface area contributed by atoms with Gasteiger partial charge in [-0.2, -0.15) is 0 Å². The van der Waals surface area contributed by atoms with Crippen molar-refractivity contribution < 1.29 is 18.4 Å². The molecule has 3 rings (SSSR count). The van der Waals surface area contributed by atoms with Gasteiger partial charge in [0.1, 0.15) is 11.6 Å². The minimum atomic E-state index is -0.611. The molecule has 1 unspecified atom stereocenters. The molecule has 0 heterocycles. The van der Waals surface area contributed by atoms with Crippen LogP contribution in [-0.2, 0) is 0 Å². The summed E-state index contributed by atoms with van der Waals surface area (Å²) in [6.45, 7) is 1.77. The van der Waals surface area contributed by atoms with Crippen LogP contribution in [0.15, 0.2) is 72.8 Å². The first kappa shape index (κ1) is 21.3. The molecule has 0 saturated carbocycles. The van der Waals surface area contributed by atoms with E-state index in [1.807, 2.05) is 0 Å². The predicted molar refractivity (Wildman–Crippen MR) is 116 cm³/mol. The number of nitrogens with zero attached hydrogens (tertiary/aromatic N) is 1. The SMILES string of the molecule is CC(NC(=O)N(S)c1ccc(NC(=O)c2ccccc2F)cc1)c1ccc(F)cc1. The van der Waals surface area contributed by atoms with E-state index in [0.717, 1.165) is 9.87 Å². The fourth-order valence-corrected chi connectivity index (χ4v) is 2.92. The molecule has 30 heavy (non-hydrogen) atoms. The lowest BCUT2D eigenvalue weighted by atomic mass is 10.1. The molecule has 0 radical (unpaired) electrons. The van der Waals surface area contributed by atoms with E-state index < -0.39 is 17.8 Å². The first-order valence-electron chi connectivity index (χ1n) is 9.06. The van der Waals surface area contributed by atoms with Crippen molar-refractivity contribution >= 4 is 36.1 Å². The van der Waals surface area contributed by atoms with Gasteiger partial charge in [0, 0.05) is 5.69 Å². The maximum atomic E-state index is 13.7. The highest BCUT2D eigenvalue weighted by Crippen LogP contribution is 2.22. The van der Waals surface area contributed by atoms with E-state index in [1.54, 1.807) is 49.4 Å². The molecule has 0 bridgehead atoms. The standard InChI is InChI=1S/C22H19F2N3O2S/c1-14(15-6-8-16(23)9-7-15)25-22(29)27(30)18-12-10-17(11-13-18)26-21(28)19-4-2-3-5-20(19)24/h2-14,30H,1H3,(H,25,29)(H,26,28). The van der Waals surface area contributed by atoms with Gasteiger partial charge in [0.05, 0.1) is 17.3 Å². The number of thiol groups is 1. The monoisotopic (exact) mass is 427 g/mol. The molecule has 0 saturated heterocycles. The summed E-state index contributed by atoms with van der Waals surface area (Å²) in [7, 11) is 0. The number of benzene rings is 3. The van der Waals surface area contributed by atoms with E-state index in [1.165, 1.54) is 30.3 Å². The number of carbonyl (C=O) groups is 2. The van der Waals surface area contributed by atoms with E-state index in [2.05, 4.69) is 23.4 Å². The Bertz CT molecular complexity index is 1040. The topological polar surface area (TPSA) is 61.4 Å². The van der Waals surface area contributed by atoms with Crippen molar-refractivity contribution in [2.24, 2.45) is 0 Å². The second kappa shape index (κ2) is 9.41. The van der Waals surface area contributed by atoms with Crippen LogP contribution in [0.25, 0.3) is 0 Å². The van der Waals surface area contributed by atoms with Crippen molar-refractivity contribution in [2.75, 3.05) is 9.62 Å². The average Bonchev–Trinajstić information content (AvgIpc) is 2.74. The van der Waals surface area contributed by atoms with Crippen LogP contribution in [0.1, 0.15) is 28.9 Å². The van der Waals surface area contributed by atoms with Crippen molar-refractivity contribution in [1.82, 2.24) is 5.32 Å². The number of halogens is 2. The largest absolute Gasteiger partial charge is 0.332 e. The molecular formula is C22H19F2N3O2S. The molecule has 3 aromatic carbocycles. The lowest BCUT2D eigenvalue weighted by Crippen LogP contribution is -2.35. The first-order valence-corrected chi connectivity index (χ1v) is 9.46. The molecule has 0 aliphatic rings. The minimum Gasteiger partial charge on any atom is -0.330 e. The second-order valence-electron chi connectivity index (χ2n) is 6.52. The second-order valence-corrected chi connectivity index (χ2v) is 6.92. The molecule has 1 atom stereocenters. The van der Waals surface area contributed by atoms with E-state index >= 15 is 0 Å². The van der Waals surface area contributed by atoms with Crippen molar-refractivity contribution in [3.63, 3.8) is 0 Å². The summed E-state index contributed by atoms with van der Waals surface area (Å²) in [4.78, 5) is 24.6. The fraction of sp³-hybridized carbons (Fsp3) is 0.0909. The van der Waals surface area contributed by atoms with Gasteiger partial charge in [-0.15, -0.1) is 0 Å². The number of hydrogen-bond donors (Lipinski definition) is 3. The number of rotatable bonds is 5. The zero-order valence-electron chi connectivity index (χ0n) is 16.0. The molecule has 0 aliphatic heterocycles. The van der Waals surface area contributed by atoms with Crippen molar-refractivity contribution in [3.8, 4) is 0 Å². The summed E-state index contributed by atoms with van der Waals surface area (Å²) in [5, 5.41) is 5.36. The van der Waals surface area contributed by atoms with Crippen LogP contribution in [0.2, 0.25) is 0 Å². The van der Waals surface area contributed by atoms with Gasteiger partial charge in [-0.05, 0) is 61.0 Å². The molecular weight excluding hydrogens is 408 g/mol. The first-order chi connectivity index (χ1) is 14.3. The number of urea groups is 1. The van der Waals surface area contributed by atoms with Gasteiger partial charge in [-0.1, -0.05) is 37.1 Å². The molecule has 0 aliphatic carbocycles. The summed E-state index contributed by atoms with van der Waals surface area (Å²) in [5.74, 6) is -1.54. The highest BCUT2D eigenvalue weighted by atomic mass is 32.1. The molecule has 5 nitrogen and oxygen atoms in total. The van der Waals surface area contributed by atoms with Crippen LogP contribution >= 0.6 is 12.8 Å². The van der Waals surface area contributed by atoms with Crippen LogP contribution in [-0.4, -0.2) is 11.9 Å². The molecule has 3 amide bonds. The lowest BCUT2D eigenvalue weighted by Gasteiger charge is -2.21. The molecule has 8 heteroatoms. The van der Waals surface area contributed by atoms with Crippen LogP contribution in [0, 0.1) is 11.6 Å². The molecule has 0 fully saturated rings. The molecule has 2 N–H and O–H groups in total. The average molecular weight is 427 g/mol. The quantitative estimate of drug-likeness (QED) is 0.482. The van der Waals surface area contributed by atoms with Gasteiger partial charge in [-0.25, -0.2) is 17.9 Å². The summed E-state index contributed by atoms with van der Waals surface area (Å²) >= 11 is 4.22. The highest BCUT2D eigenvalue weighted by Gasteiger charge is 2.16. The van der Waals surface area contributed by atoms with Gasteiger partial charge < -0.3 is 10.6 Å². The third-order valence-corrected chi connectivity index (χ3v) is 4.80. The van der Waals surface area contributed by atoms with Gasteiger partial charge >= 0.3 is 6.03 Å². The smallest absolute Gasteiger partial charge is 0.330 e. The summed E-state index contributed by atoms with van der Waals surface area (Å²) in [5.41, 5.74) is 1.59.